The molecule has 4 nitrogen and oxygen atoms in total. The molecule has 2 heterocycles. The molecule has 0 aliphatic carbocycles. The van der Waals surface area contributed by atoms with Crippen molar-refractivity contribution in [2.45, 2.75) is 13.0 Å². The molecule has 0 saturated carbocycles. The van der Waals surface area contributed by atoms with Gasteiger partial charge in [-0.3, -0.25) is 0 Å². The van der Waals surface area contributed by atoms with Crippen molar-refractivity contribution in [1.29, 1.82) is 0 Å². The zero-order chi connectivity index (χ0) is 9.42. The first-order valence-electron chi connectivity index (χ1n) is 4.12. The summed E-state index contributed by atoms with van der Waals surface area (Å²) in [5.74, 6) is 0.477. The molecule has 0 fully saturated rings. The van der Waals surface area contributed by atoms with Crippen LogP contribution >= 0.6 is 12.2 Å². The van der Waals surface area contributed by atoms with E-state index in [4.69, 9.17) is 22.7 Å². The van der Waals surface area contributed by atoms with Crippen molar-refractivity contribution >= 4 is 18.2 Å². The second kappa shape index (κ2) is 3.08. The zero-order valence-electron chi connectivity index (χ0n) is 7.41. The van der Waals surface area contributed by atoms with Crippen molar-refractivity contribution in [2.24, 2.45) is 7.05 Å². The first-order chi connectivity index (χ1) is 6.20. The summed E-state index contributed by atoms with van der Waals surface area (Å²) in [4.78, 5) is 4.27. The fourth-order valence-corrected chi connectivity index (χ4v) is 1.68. The summed E-state index contributed by atoms with van der Waals surface area (Å²) >= 11 is 5.23. The van der Waals surface area contributed by atoms with Crippen LogP contribution < -0.4 is 5.73 Å². The molecular formula is C8H11N3OS. The molecule has 13 heavy (non-hydrogen) atoms. The molecule has 0 aromatic carbocycles. The normalized spacial score (nSPS) is 15.5. The standard InChI is InChI=1S/C8H11N3OS/c1-11-7(13)5-4-12-3-2-6(5)10-8(11)9/h2-4H2,1H3,(H2,9,10). The van der Waals surface area contributed by atoms with Gasteiger partial charge in [0.15, 0.2) is 0 Å². The van der Waals surface area contributed by atoms with E-state index in [1.807, 2.05) is 7.05 Å². The van der Waals surface area contributed by atoms with Gasteiger partial charge in [-0.1, -0.05) is 12.2 Å². The number of anilines is 1. The maximum atomic E-state index is 5.69. The van der Waals surface area contributed by atoms with Gasteiger partial charge in [-0.25, -0.2) is 4.98 Å². The van der Waals surface area contributed by atoms with Crippen LogP contribution in [0.5, 0.6) is 0 Å². The lowest BCUT2D eigenvalue weighted by Gasteiger charge is -2.17. The lowest BCUT2D eigenvalue weighted by Crippen LogP contribution is -2.17. The number of aromatic nitrogens is 2. The molecule has 0 atom stereocenters. The minimum atomic E-state index is 0.477. The molecule has 2 N–H and O–H groups in total. The van der Waals surface area contributed by atoms with Gasteiger partial charge in [0.25, 0.3) is 0 Å². The number of nitrogens with two attached hydrogens (primary N) is 1. The first kappa shape index (κ1) is 8.65. The van der Waals surface area contributed by atoms with Crippen molar-refractivity contribution < 1.29 is 4.74 Å². The maximum absolute atomic E-state index is 5.69. The average molecular weight is 197 g/mol. The van der Waals surface area contributed by atoms with Gasteiger partial charge < -0.3 is 15.0 Å². The van der Waals surface area contributed by atoms with Gasteiger partial charge in [0.2, 0.25) is 5.95 Å². The summed E-state index contributed by atoms with van der Waals surface area (Å²) in [6.45, 7) is 1.28. The number of hydrogen-bond donors (Lipinski definition) is 1. The minimum absolute atomic E-state index is 0.477. The Hall–Kier alpha value is -0.940. The quantitative estimate of drug-likeness (QED) is 0.625. The number of nitrogens with zero attached hydrogens (tertiary/aromatic N) is 2. The van der Waals surface area contributed by atoms with Gasteiger partial charge in [0, 0.05) is 19.0 Å². The van der Waals surface area contributed by atoms with Crippen LogP contribution in [0.15, 0.2) is 0 Å². The van der Waals surface area contributed by atoms with E-state index in [1.54, 1.807) is 4.57 Å². The summed E-state index contributed by atoms with van der Waals surface area (Å²) in [6.07, 6.45) is 0.810. The van der Waals surface area contributed by atoms with E-state index in [2.05, 4.69) is 4.98 Å². The number of nitrogen functional groups attached to an aromatic ring is 1. The highest BCUT2D eigenvalue weighted by atomic mass is 32.1. The van der Waals surface area contributed by atoms with E-state index in [0.717, 1.165) is 22.3 Å². The van der Waals surface area contributed by atoms with Gasteiger partial charge in [-0.05, 0) is 0 Å². The van der Waals surface area contributed by atoms with Gasteiger partial charge in [0.1, 0.15) is 4.64 Å². The lowest BCUT2D eigenvalue weighted by molar-refractivity contribution is 0.108. The van der Waals surface area contributed by atoms with Crippen LogP contribution in [0.2, 0.25) is 0 Å². The number of fused-ring (bicyclic) bond motifs is 1. The Morgan fingerprint density at radius 2 is 2.38 bits per heavy atom. The third-order valence-electron chi connectivity index (χ3n) is 2.23. The SMILES string of the molecule is Cn1c(N)nc2c(c1=S)COCC2. The van der Waals surface area contributed by atoms with E-state index < -0.39 is 0 Å². The molecule has 1 aliphatic rings. The van der Waals surface area contributed by atoms with Crippen molar-refractivity contribution in [3.05, 3.63) is 15.9 Å². The average Bonchev–Trinajstić information content (AvgIpc) is 2.15. The lowest BCUT2D eigenvalue weighted by atomic mass is 10.1. The first-order valence-corrected chi connectivity index (χ1v) is 4.53. The van der Waals surface area contributed by atoms with Gasteiger partial charge in [-0.2, -0.15) is 0 Å². The Bertz CT molecular complexity index is 399. The van der Waals surface area contributed by atoms with Crippen LogP contribution in [0.4, 0.5) is 5.95 Å². The van der Waals surface area contributed by atoms with Crippen LogP contribution in [-0.4, -0.2) is 16.2 Å². The molecular weight excluding hydrogens is 186 g/mol. The molecule has 0 unspecified atom stereocenters. The van der Waals surface area contributed by atoms with Crippen molar-refractivity contribution in [1.82, 2.24) is 9.55 Å². The Morgan fingerprint density at radius 3 is 3.15 bits per heavy atom. The van der Waals surface area contributed by atoms with Crippen LogP contribution in [0, 0.1) is 4.64 Å². The summed E-state index contributed by atoms with van der Waals surface area (Å²) < 4.78 is 7.76. The van der Waals surface area contributed by atoms with Crippen molar-refractivity contribution in [2.75, 3.05) is 12.3 Å². The fourth-order valence-electron chi connectivity index (χ4n) is 1.41. The van der Waals surface area contributed by atoms with E-state index in [-0.39, 0.29) is 0 Å². The molecule has 1 aromatic heterocycles. The predicted molar refractivity (Wildman–Crippen MR) is 51.8 cm³/mol. The third-order valence-corrected chi connectivity index (χ3v) is 2.75. The van der Waals surface area contributed by atoms with Gasteiger partial charge >= 0.3 is 0 Å². The molecule has 0 radical (unpaired) electrons. The molecule has 5 heteroatoms. The molecule has 0 spiro atoms. The van der Waals surface area contributed by atoms with Crippen LogP contribution in [-0.2, 0) is 24.8 Å². The highest BCUT2D eigenvalue weighted by Crippen LogP contribution is 2.17. The Labute approximate surface area is 81.3 Å². The molecule has 2 rings (SSSR count). The fraction of sp³-hybridized carbons (Fsp3) is 0.500. The second-order valence-corrected chi connectivity index (χ2v) is 3.45. The molecule has 1 aromatic rings. The van der Waals surface area contributed by atoms with Gasteiger partial charge in [-0.15, -0.1) is 0 Å². The maximum Gasteiger partial charge on any atom is 0.201 e. The van der Waals surface area contributed by atoms with E-state index >= 15 is 0 Å². The predicted octanol–water partition coefficient (Wildman–Crippen LogP) is 0.804. The molecule has 1 aliphatic heterocycles. The van der Waals surface area contributed by atoms with E-state index in [1.165, 1.54) is 0 Å². The largest absolute Gasteiger partial charge is 0.376 e. The third kappa shape index (κ3) is 1.34. The Kier molecular flexibility index (Phi) is 2.05. The Morgan fingerprint density at radius 1 is 1.62 bits per heavy atom. The highest BCUT2D eigenvalue weighted by molar-refractivity contribution is 7.71. The molecule has 0 bridgehead atoms. The molecule has 0 amide bonds. The number of rotatable bonds is 0. The Balaban J connectivity index is 2.68. The van der Waals surface area contributed by atoms with Crippen LogP contribution in [0.3, 0.4) is 0 Å². The van der Waals surface area contributed by atoms with Gasteiger partial charge in [0.05, 0.1) is 18.9 Å². The highest BCUT2D eigenvalue weighted by Gasteiger charge is 2.14. The second-order valence-electron chi connectivity index (χ2n) is 3.06. The van der Waals surface area contributed by atoms with Crippen molar-refractivity contribution in [3.63, 3.8) is 0 Å². The summed E-state index contributed by atoms with van der Waals surface area (Å²) in [6, 6.07) is 0. The summed E-state index contributed by atoms with van der Waals surface area (Å²) in [5, 5.41) is 0. The van der Waals surface area contributed by atoms with Crippen molar-refractivity contribution in [3.8, 4) is 0 Å². The van der Waals surface area contributed by atoms with E-state index in [9.17, 15) is 0 Å². The molecule has 0 saturated heterocycles. The summed E-state index contributed by atoms with van der Waals surface area (Å²) in [5.41, 5.74) is 7.69. The number of ether oxygens (including phenoxy) is 1. The number of hydrogen-bond acceptors (Lipinski definition) is 4. The monoisotopic (exact) mass is 197 g/mol. The smallest absolute Gasteiger partial charge is 0.201 e. The van der Waals surface area contributed by atoms with Crippen LogP contribution in [0.1, 0.15) is 11.3 Å². The zero-order valence-corrected chi connectivity index (χ0v) is 8.23. The molecule has 70 valence electrons. The van der Waals surface area contributed by atoms with E-state index in [0.29, 0.717) is 19.2 Å². The topological polar surface area (TPSA) is 53.1 Å². The van der Waals surface area contributed by atoms with Crippen LogP contribution in [0.25, 0.3) is 0 Å². The minimum Gasteiger partial charge on any atom is -0.376 e. The summed E-state index contributed by atoms with van der Waals surface area (Å²) in [7, 11) is 1.82.